The Morgan fingerprint density at radius 2 is 1.76 bits per heavy atom. The Kier molecular flexibility index (Phi) is 6.06. The predicted molar refractivity (Wildman–Crippen MR) is 126 cm³/mol. The Bertz CT molecular complexity index is 1530. The number of carbonyl (C=O) groups is 1. The fourth-order valence-electron chi connectivity index (χ4n) is 3.61. The molecule has 0 bridgehead atoms. The molecule has 0 aliphatic rings. The number of fused-ring (bicyclic) bond motifs is 2. The number of hydrogen-bond donors (Lipinski definition) is 2. The molecule has 10 heteroatoms. The van der Waals surface area contributed by atoms with E-state index >= 15 is 0 Å². The van der Waals surface area contributed by atoms with Gasteiger partial charge in [0.1, 0.15) is 16.7 Å². The van der Waals surface area contributed by atoms with Crippen molar-refractivity contribution >= 4 is 39.5 Å². The smallest absolute Gasteiger partial charge is 0.410 e. The second-order valence-corrected chi connectivity index (χ2v) is 7.85. The summed E-state index contributed by atoms with van der Waals surface area (Å²) in [6, 6.07) is 11.1. The molecule has 0 radical (unpaired) electrons. The number of carbonyl (C=O) groups excluding carboxylic acids is 1. The van der Waals surface area contributed by atoms with Crippen molar-refractivity contribution in [3.8, 4) is 5.75 Å². The van der Waals surface area contributed by atoms with Crippen LogP contribution in [0.15, 0.2) is 56.8 Å². The maximum absolute atomic E-state index is 13.0. The zero-order valence-electron chi connectivity index (χ0n) is 18.0. The van der Waals surface area contributed by atoms with Crippen molar-refractivity contribution < 1.29 is 9.53 Å². The number of H-pyrrole nitrogens is 2. The van der Waals surface area contributed by atoms with Crippen molar-refractivity contribution in [3.63, 3.8) is 0 Å². The molecule has 33 heavy (non-hydrogen) atoms. The van der Waals surface area contributed by atoms with Gasteiger partial charge in [0, 0.05) is 23.5 Å². The zero-order valence-corrected chi connectivity index (χ0v) is 18.7. The van der Waals surface area contributed by atoms with Crippen LogP contribution in [0, 0.1) is 0 Å². The summed E-state index contributed by atoms with van der Waals surface area (Å²) in [5, 5.41) is 2.94. The van der Waals surface area contributed by atoms with E-state index in [0.29, 0.717) is 34.9 Å². The van der Waals surface area contributed by atoms with Crippen molar-refractivity contribution in [2.75, 3.05) is 13.1 Å². The summed E-state index contributed by atoms with van der Waals surface area (Å²) < 4.78 is 6.42. The van der Waals surface area contributed by atoms with Crippen LogP contribution in [-0.2, 0) is 6.54 Å². The summed E-state index contributed by atoms with van der Waals surface area (Å²) in [6.07, 6.45) is -0.449. The molecular weight excluding hydrogens is 448 g/mol. The molecule has 0 saturated heterocycles. The summed E-state index contributed by atoms with van der Waals surface area (Å²) in [5.74, 6) is 0.358. The number of hydrogen-bond acceptors (Lipinski definition) is 5. The van der Waals surface area contributed by atoms with Gasteiger partial charge in [-0.25, -0.2) is 9.48 Å². The Hall–Kier alpha value is -3.85. The summed E-state index contributed by atoms with van der Waals surface area (Å²) in [5.41, 5.74) is -0.835. The molecule has 0 saturated carbocycles. The number of ether oxygens (including phenoxy) is 1. The summed E-state index contributed by atoms with van der Waals surface area (Å²) in [4.78, 5) is 55.1. The van der Waals surface area contributed by atoms with E-state index in [9.17, 15) is 19.2 Å². The third-order valence-electron chi connectivity index (χ3n) is 5.38. The van der Waals surface area contributed by atoms with E-state index in [-0.39, 0.29) is 22.8 Å². The van der Waals surface area contributed by atoms with Gasteiger partial charge in [-0.05, 0) is 49.7 Å². The molecule has 0 fully saturated rings. The van der Waals surface area contributed by atoms with E-state index in [1.165, 1.54) is 12.1 Å². The highest BCUT2D eigenvalue weighted by Crippen LogP contribution is 2.17. The molecule has 2 aromatic heterocycles. The predicted octanol–water partition coefficient (Wildman–Crippen LogP) is 3.07. The summed E-state index contributed by atoms with van der Waals surface area (Å²) >= 11 is 5.97. The second kappa shape index (κ2) is 8.95. The molecule has 0 atom stereocenters. The number of amides is 1. The molecule has 0 unspecified atom stereocenters. The van der Waals surface area contributed by atoms with Crippen LogP contribution in [0.3, 0.4) is 0 Å². The van der Waals surface area contributed by atoms with Gasteiger partial charge in [0.05, 0.1) is 12.1 Å². The number of aromatic nitrogens is 3. The lowest BCUT2D eigenvalue weighted by Crippen LogP contribution is -2.34. The van der Waals surface area contributed by atoms with Crippen LogP contribution in [0.2, 0.25) is 5.02 Å². The van der Waals surface area contributed by atoms with Gasteiger partial charge in [0.15, 0.2) is 0 Å². The van der Waals surface area contributed by atoms with Gasteiger partial charge in [-0.1, -0.05) is 23.7 Å². The zero-order chi connectivity index (χ0) is 23.7. The van der Waals surface area contributed by atoms with E-state index in [0.717, 1.165) is 4.68 Å². The van der Waals surface area contributed by atoms with E-state index in [4.69, 9.17) is 16.3 Å². The molecule has 170 valence electrons. The highest BCUT2D eigenvalue weighted by atomic mass is 35.5. The molecule has 4 aromatic rings. The van der Waals surface area contributed by atoms with Gasteiger partial charge in [-0.15, -0.1) is 0 Å². The first-order chi connectivity index (χ1) is 15.8. The lowest BCUT2D eigenvalue weighted by atomic mass is 10.1. The minimum Gasteiger partial charge on any atom is -0.410 e. The number of aromatic amines is 2. The minimum absolute atomic E-state index is 0.0202. The summed E-state index contributed by atoms with van der Waals surface area (Å²) in [6.45, 7) is 4.81. The molecule has 4 rings (SSSR count). The topological polar surface area (TPSA) is 117 Å². The van der Waals surface area contributed by atoms with Gasteiger partial charge >= 0.3 is 6.09 Å². The van der Waals surface area contributed by atoms with E-state index in [2.05, 4.69) is 10.1 Å². The van der Waals surface area contributed by atoms with Crippen molar-refractivity contribution in [1.29, 1.82) is 0 Å². The van der Waals surface area contributed by atoms with E-state index in [1.54, 1.807) is 35.2 Å². The first-order valence-electron chi connectivity index (χ1n) is 10.4. The fraction of sp³-hybridized carbons (Fsp3) is 0.217. The average Bonchev–Trinajstić information content (AvgIpc) is 2.79. The van der Waals surface area contributed by atoms with Crippen LogP contribution in [0.5, 0.6) is 5.75 Å². The number of nitrogens with zero attached hydrogens (tertiary/aromatic N) is 2. The van der Waals surface area contributed by atoms with Crippen LogP contribution >= 0.6 is 11.6 Å². The highest BCUT2D eigenvalue weighted by molar-refractivity contribution is 6.31. The van der Waals surface area contributed by atoms with E-state index in [1.807, 2.05) is 13.8 Å². The number of benzene rings is 2. The molecule has 0 spiro atoms. The van der Waals surface area contributed by atoms with Crippen LogP contribution in [0.25, 0.3) is 21.8 Å². The molecule has 0 aliphatic carbocycles. The maximum Gasteiger partial charge on any atom is 0.415 e. The fourth-order valence-corrected chi connectivity index (χ4v) is 3.78. The summed E-state index contributed by atoms with van der Waals surface area (Å²) in [7, 11) is 0. The van der Waals surface area contributed by atoms with Gasteiger partial charge in [-0.3, -0.25) is 19.5 Å². The third kappa shape index (κ3) is 4.27. The lowest BCUT2D eigenvalue weighted by molar-refractivity contribution is 0.157. The Morgan fingerprint density at radius 1 is 1.06 bits per heavy atom. The number of halogens is 1. The SMILES string of the molecule is CCN(CC)C(=O)Oc1ccc(Cn2[nH]c(=O)c3[nH]c4cc(Cl)ccc4c(=O)c3c2=O)cc1. The molecular formula is C23H21ClN4O5. The van der Waals surface area contributed by atoms with Crippen LogP contribution < -0.4 is 21.3 Å². The van der Waals surface area contributed by atoms with Gasteiger partial charge < -0.3 is 14.6 Å². The lowest BCUT2D eigenvalue weighted by Gasteiger charge is -2.17. The van der Waals surface area contributed by atoms with Crippen molar-refractivity contribution in [3.05, 3.63) is 84.0 Å². The standard InChI is InChI=1S/C23H21ClN4O5/c1-3-27(4-2)23(32)33-15-8-5-13(6-9-15)12-28-22(31)18-19(21(30)26-28)25-17-11-14(24)7-10-16(17)20(18)29/h5-11H,3-4,12H2,1-2H3,(H,25,29)(H,26,30). The molecule has 0 aliphatic heterocycles. The van der Waals surface area contributed by atoms with Crippen LogP contribution in [0.1, 0.15) is 19.4 Å². The van der Waals surface area contributed by atoms with Crippen molar-refractivity contribution in [2.24, 2.45) is 0 Å². The Morgan fingerprint density at radius 3 is 2.42 bits per heavy atom. The molecule has 2 aromatic carbocycles. The normalized spacial score (nSPS) is 11.1. The van der Waals surface area contributed by atoms with Crippen molar-refractivity contribution in [2.45, 2.75) is 20.4 Å². The quantitative estimate of drug-likeness (QED) is 0.436. The largest absolute Gasteiger partial charge is 0.415 e. The molecule has 9 nitrogen and oxygen atoms in total. The molecule has 1 amide bonds. The molecule has 2 heterocycles. The first-order valence-corrected chi connectivity index (χ1v) is 10.7. The first kappa shape index (κ1) is 22.3. The monoisotopic (exact) mass is 468 g/mol. The van der Waals surface area contributed by atoms with Crippen molar-refractivity contribution in [1.82, 2.24) is 19.7 Å². The number of rotatable bonds is 5. The Labute approximate surface area is 192 Å². The Balaban J connectivity index is 1.68. The van der Waals surface area contributed by atoms with Crippen LogP contribution in [0.4, 0.5) is 4.79 Å². The van der Waals surface area contributed by atoms with Gasteiger partial charge in [0.25, 0.3) is 11.1 Å². The highest BCUT2D eigenvalue weighted by Gasteiger charge is 2.15. The minimum atomic E-state index is -0.625. The van der Waals surface area contributed by atoms with Gasteiger partial charge in [0.2, 0.25) is 5.43 Å². The average molecular weight is 469 g/mol. The third-order valence-corrected chi connectivity index (χ3v) is 5.61. The maximum atomic E-state index is 13.0. The van der Waals surface area contributed by atoms with E-state index < -0.39 is 22.6 Å². The molecule has 2 N–H and O–H groups in total. The van der Waals surface area contributed by atoms with Crippen LogP contribution in [-0.4, -0.2) is 38.8 Å². The van der Waals surface area contributed by atoms with Gasteiger partial charge in [-0.2, -0.15) is 0 Å². The second-order valence-electron chi connectivity index (χ2n) is 7.41. The number of nitrogens with one attached hydrogen (secondary N) is 2. The number of pyridine rings is 1.